The predicted molar refractivity (Wildman–Crippen MR) is 86.6 cm³/mol. The Morgan fingerprint density at radius 2 is 1.15 bits per heavy atom. The Kier molecular flexibility index (Phi) is 4.45. The number of hydrogen-bond acceptors (Lipinski definition) is 1. The second-order valence-corrected chi connectivity index (χ2v) is 8.33. The molecule has 0 amide bonds. The topological polar surface area (TPSA) is 26.0 Å². The molecule has 1 nitrogen and oxygen atoms in total. The van der Waals surface area contributed by atoms with Crippen molar-refractivity contribution in [2.45, 2.75) is 102 Å². The third-order valence-electron chi connectivity index (χ3n) is 7.44. The van der Waals surface area contributed by atoms with Gasteiger partial charge in [-0.2, -0.15) is 0 Å². The predicted octanol–water partition coefficient (Wildman–Crippen LogP) is 5.42. The molecule has 20 heavy (non-hydrogen) atoms. The first kappa shape index (κ1) is 14.9. The first-order valence-corrected chi connectivity index (χ1v) is 9.46. The van der Waals surface area contributed by atoms with E-state index >= 15 is 0 Å². The lowest BCUT2D eigenvalue weighted by molar-refractivity contribution is -0.0437. The van der Waals surface area contributed by atoms with Crippen molar-refractivity contribution >= 4 is 0 Å². The molecule has 3 fully saturated rings. The molecule has 3 aliphatic carbocycles. The number of hydrogen-bond donors (Lipinski definition) is 1. The van der Waals surface area contributed by atoms with E-state index in [1.54, 1.807) is 0 Å². The van der Waals surface area contributed by atoms with Gasteiger partial charge >= 0.3 is 0 Å². The zero-order valence-corrected chi connectivity index (χ0v) is 13.6. The minimum atomic E-state index is 0.160. The van der Waals surface area contributed by atoms with Crippen LogP contribution >= 0.6 is 0 Å². The van der Waals surface area contributed by atoms with Crippen LogP contribution in [0.3, 0.4) is 0 Å². The molecule has 2 N–H and O–H groups in total. The highest BCUT2D eigenvalue weighted by Gasteiger charge is 2.54. The summed E-state index contributed by atoms with van der Waals surface area (Å²) in [4.78, 5) is 0. The number of rotatable bonds is 2. The van der Waals surface area contributed by atoms with Gasteiger partial charge < -0.3 is 5.73 Å². The van der Waals surface area contributed by atoms with Crippen LogP contribution in [0.1, 0.15) is 96.8 Å². The van der Waals surface area contributed by atoms with E-state index in [9.17, 15) is 0 Å². The first-order valence-electron chi connectivity index (χ1n) is 9.46. The maximum absolute atomic E-state index is 7.24. The molecule has 0 aromatic carbocycles. The Morgan fingerprint density at radius 1 is 0.650 bits per heavy atom. The van der Waals surface area contributed by atoms with Crippen molar-refractivity contribution in [2.75, 3.05) is 0 Å². The standard InChI is InChI=1S/C19H35N/c1-18(16-10-4-2-5-11-16)14-8-9-15-19(18,20)17-12-6-3-7-13-17/h16-17H,2-15,20H2,1H3. The number of nitrogens with two attached hydrogens (primary N) is 1. The highest BCUT2D eigenvalue weighted by atomic mass is 14.8. The van der Waals surface area contributed by atoms with E-state index in [4.69, 9.17) is 5.73 Å². The molecule has 2 atom stereocenters. The van der Waals surface area contributed by atoms with Crippen LogP contribution in [0.15, 0.2) is 0 Å². The molecular weight excluding hydrogens is 242 g/mol. The van der Waals surface area contributed by atoms with Gasteiger partial charge in [0, 0.05) is 5.54 Å². The minimum Gasteiger partial charge on any atom is -0.324 e. The molecule has 3 rings (SSSR count). The van der Waals surface area contributed by atoms with Gasteiger partial charge in [-0.25, -0.2) is 0 Å². The van der Waals surface area contributed by atoms with Crippen LogP contribution in [-0.2, 0) is 0 Å². The van der Waals surface area contributed by atoms with Gasteiger partial charge in [0.15, 0.2) is 0 Å². The summed E-state index contributed by atoms with van der Waals surface area (Å²) >= 11 is 0. The van der Waals surface area contributed by atoms with Crippen molar-refractivity contribution in [1.29, 1.82) is 0 Å². The van der Waals surface area contributed by atoms with Crippen LogP contribution in [0.2, 0.25) is 0 Å². The molecule has 0 heterocycles. The molecule has 0 aromatic rings. The van der Waals surface area contributed by atoms with Crippen LogP contribution in [0.5, 0.6) is 0 Å². The smallest absolute Gasteiger partial charge is 0.0240 e. The molecule has 3 aliphatic rings. The molecule has 0 aliphatic heterocycles. The Hall–Kier alpha value is -0.0400. The highest BCUT2D eigenvalue weighted by Crippen LogP contribution is 2.56. The summed E-state index contributed by atoms with van der Waals surface area (Å²) in [6, 6.07) is 0. The summed E-state index contributed by atoms with van der Waals surface area (Å²) in [5.41, 5.74) is 7.84. The lowest BCUT2D eigenvalue weighted by Crippen LogP contribution is -2.63. The Bertz CT molecular complexity index is 282. The zero-order valence-electron chi connectivity index (χ0n) is 13.6. The molecule has 2 unspecified atom stereocenters. The Morgan fingerprint density at radius 3 is 1.75 bits per heavy atom. The van der Waals surface area contributed by atoms with Crippen molar-refractivity contribution in [1.82, 2.24) is 0 Å². The van der Waals surface area contributed by atoms with Gasteiger partial charge in [0.1, 0.15) is 0 Å². The summed E-state index contributed by atoms with van der Waals surface area (Å²) in [5.74, 6) is 1.74. The molecule has 3 saturated carbocycles. The summed E-state index contributed by atoms with van der Waals surface area (Å²) in [6.45, 7) is 2.59. The third kappa shape index (κ3) is 2.45. The zero-order chi connectivity index (χ0) is 14.1. The van der Waals surface area contributed by atoms with Crippen LogP contribution in [-0.4, -0.2) is 5.54 Å². The average molecular weight is 277 g/mol. The highest BCUT2D eigenvalue weighted by molar-refractivity contribution is 5.09. The van der Waals surface area contributed by atoms with E-state index in [1.807, 2.05) is 0 Å². The van der Waals surface area contributed by atoms with E-state index < -0.39 is 0 Å². The molecule has 0 bridgehead atoms. The van der Waals surface area contributed by atoms with Crippen LogP contribution in [0, 0.1) is 17.3 Å². The van der Waals surface area contributed by atoms with Gasteiger partial charge in [-0.05, 0) is 55.8 Å². The summed E-state index contributed by atoms with van der Waals surface area (Å²) in [5, 5.41) is 0. The van der Waals surface area contributed by atoms with E-state index in [1.165, 1.54) is 89.9 Å². The van der Waals surface area contributed by atoms with Gasteiger partial charge in [-0.15, -0.1) is 0 Å². The fourth-order valence-electron chi connectivity index (χ4n) is 6.04. The van der Waals surface area contributed by atoms with Gasteiger partial charge in [0.05, 0.1) is 0 Å². The molecule has 0 spiro atoms. The van der Waals surface area contributed by atoms with E-state index in [-0.39, 0.29) is 5.54 Å². The maximum Gasteiger partial charge on any atom is 0.0240 e. The monoisotopic (exact) mass is 277 g/mol. The van der Waals surface area contributed by atoms with Gasteiger partial charge in [-0.1, -0.05) is 58.3 Å². The van der Waals surface area contributed by atoms with Crippen LogP contribution < -0.4 is 5.73 Å². The average Bonchev–Trinajstić information content (AvgIpc) is 2.52. The van der Waals surface area contributed by atoms with Crippen molar-refractivity contribution in [3.63, 3.8) is 0 Å². The summed E-state index contributed by atoms with van der Waals surface area (Å²) < 4.78 is 0. The Balaban J connectivity index is 1.84. The minimum absolute atomic E-state index is 0.160. The second-order valence-electron chi connectivity index (χ2n) is 8.33. The fraction of sp³-hybridized carbons (Fsp3) is 1.00. The molecule has 1 heteroatoms. The molecule has 116 valence electrons. The normalized spacial score (nSPS) is 41.7. The lowest BCUT2D eigenvalue weighted by Gasteiger charge is -2.59. The quantitative estimate of drug-likeness (QED) is 0.716. The lowest BCUT2D eigenvalue weighted by atomic mass is 9.49. The van der Waals surface area contributed by atoms with Crippen molar-refractivity contribution in [3.05, 3.63) is 0 Å². The van der Waals surface area contributed by atoms with E-state index in [0.29, 0.717) is 5.41 Å². The summed E-state index contributed by atoms with van der Waals surface area (Å²) in [7, 11) is 0. The van der Waals surface area contributed by atoms with E-state index in [0.717, 1.165) is 11.8 Å². The third-order valence-corrected chi connectivity index (χ3v) is 7.44. The van der Waals surface area contributed by atoms with Gasteiger partial charge in [-0.3, -0.25) is 0 Å². The SMILES string of the molecule is CC1(C2CCCCC2)CCCCC1(N)C1CCCCC1. The first-order chi connectivity index (χ1) is 9.67. The van der Waals surface area contributed by atoms with Gasteiger partial charge in [0.2, 0.25) is 0 Å². The maximum atomic E-state index is 7.24. The van der Waals surface area contributed by atoms with Crippen LogP contribution in [0.4, 0.5) is 0 Å². The summed E-state index contributed by atoms with van der Waals surface area (Å²) in [6.07, 6.45) is 20.0. The molecule has 0 radical (unpaired) electrons. The molecule has 0 saturated heterocycles. The van der Waals surface area contributed by atoms with Crippen LogP contribution in [0.25, 0.3) is 0 Å². The van der Waals surface area contributed by atoms with Crippen molar-refractivity contribution in [2.24, 2.45) is 23.0 Å². The molecular formula is C19H35N. The fourth-order valence-corrected chi connectivity index (χ4v) is 6.04. The van der Waals surface area contributed by atoms with Crippen molar-refractivity contribution < 1.29 is 0 Å². The largest absolute Gasteiger partial charge is 0.324 e. The van der Waals surface area contributed by atoms with Gasteiger partial charge in [0.25, 0.3) is 0 Å². The molecule has 0 aromatic heterocycles. The Labute approximate surface area is 126 Å². The second kappa shape index (κ2) is 5.99. The van der Waals surface area contributed by atoms with E-state index in [2.05, 4.69) is 6.92 Å². The van der Waals surface area contributed by atoms with Crippen molar-refractivity contribution in [3.8, 4) is 0 Å².